The van der Waals surface area contributed by atoms with E-state index in [9.17, 15) is 0 Å². The molecule has 1 aliphatic heterocycles. The van der Waals surface area contributed by atoms with Gasteiger partial charge in [0.2, 0.25) is 6.79 Å². The van der Waals surface area contributed by atoms with Crippen molar-refractivity contribution in [3.63, 3.8) is 0 Å². The first-order valence-corrected chi connectivity index (χ1v) is 4.39. The Kier molecular flexibility index (Phi) is 2.43. The van der Waals surface area contributed by atoms with Gasteiger partial charge in [0.05, 0.1) is 6.67 Å². The molecule has 4 N–H and O–H groups in total. The van der Waals surface area contributed by atoms with E-state index in [0.717, 1.165) is 22.7 Å². The number of anilines is 1. The highest BCUT2D eigenvalue weighted by Crippen LogP contribution is 2.36. The molecule has 76 valence electrons. The Hall–Kier alpha value is -1.46. The van der Waals surface area contributed by atoms with Gasteiger partial charge >= 0.3 is 0 Å². The maximum absolute atomic E-state index is 5.26. The summed E-state index contributed by atoms with van der Waals surface area (Å²) in [5.74, 6) is 6.74. The lowest BCUT2D eigenvalue weighted by Crippen LogP contribution is -2.28. The van der Waals surface area contributed by atoms with Crippen LogP contribution in [0, 0.1) is 6.92 Å². The summed E-state index contributed by atoms with van der Waals surface area (Å²) in [6.07, 6.45) is 0. The van der Waals surface area contributed by atoms with Gasteiger partial charge in [0.1, 0.15) is 0 Å². The molecule has 14 heavy (non-hydrogen) atoms. The van der Waals surface area contributed by atoms with Crippen LogP contribution in [0.15, 0.2) is 12.1 Å². The number of hydrogen-bond donors (Lipinski definition) is 3. The lowest BCUT2D eigenvalue weighted by molar-refractivity contribution is 0.174. The number of ether oxygens (including phenoxy) is 2. The van der Waals surface area contributed by atoms with E-state index in [0.29, 0.717) is 13.5 Å². The largest absolute Gasteiger partial charge is 0.454 e. The number of nitrogens with two attached hydrogens (primary N) is 1. The molecule has 0 fully saturated rings. The summed E-state index contributed by atoms with van der Waals surface area (Å²) in [6.45, 7) is 2.81. The zero-order valence-electron chi connectivity index (χ0n) is 7.96. The van der Waals surface area contributed by atoms with E-state index in [1.54, 1.807) is 0 Å². The first kappa shape index (κ1) is 9.11. The minimum absolute atomic E-state index is 0.299. The molecule has 5 heteroatoms. The summed E-state index contributed by atoms with van der Waals surface area (Å²) in [5, 5.41) is 3.12. The third-order valence-corrected chi connectivity index (χ3v) is 2.10. The van der Waals surface area contributed by atoms with Crippen LogP contribution in [0.1, 0.15) is 5.56 Å². The number of benzene rings is 1. The van der Waals surface area contributed by atoms with E-state index in [2.05, 4.69) is 10.7 Å². The minimum Gasteiger partial charge on any atom is -0.454 e. The van der Waals surface area contributed by atoms with Crippen molar-refractivity contribution in [1.29, 1.82) is 0 Å². The van der Waals surface area contributed by atoms with Crippen molar-refractivity contribution in [1.82, 2.24) is 5.43 Å². The van der Waals surface area contributed by atoms with Gasteiger partial charge in [-0.1, -0.05) is 0 Å². The van der Waals surface area contributed by atoms with Crippen LogP contribution < -0.4 is 26.1 Å². The summed E-state index contributed by atoms with van der Waals surface area (Å²) >= 11 is 0. The second-order valence-electron chi connectivity index (χ2n) is 3.08. The van der Waals surface area contributed by atoms with Crippen LogP contribution >= 0.6 is 0 Å². The van der Waals surface area contributed by atoms with Gasteiger partial charge in [-0.3, -0.25) is 5.84 Å². The van der Waals surface area contributed by atoms with Crippen molar-refractivity contribution in [2.45, 2.75) is 6.92 Å². The number of hydrogen-bond acceptors (Lipinski definition) is 5. The maximum Gasteiger partial charge on any atom is 0.231 e. The zero-order valence-corrected chi connectivity index (χ0v) is 7.96. The lowest BCUT2D eigenvalue weighted by atomic mass is 10.2. The quantitative estimate of drug-likeness (QED) is 0.373. The van der Waals surface area contributed by atoms with E-state index in [1.807, 2.05) is 19.1 Å². The Morgan fingerprint density at radius 1 is 1.36 bits per heavy atom. The number of nitrogens with one attached hydrogen (secondary N) is 2. The van der Waals surface area contributed by atoms with Crippen molar-refractivity contribution in [2.24, 2.45) is 5.84 Å². The molecule has 0 saturated heterocycles. The first-order valence-electron chi connectivity index (χ1n) is 4.39. The van der Waals surface area contributed by atoms with Crippen LogP contribution in [-0.4, -0.2) is 13.5 Å². The Labute approximate surface area is 82.2 Å². The smallest absolute Gasteiger partial charge is 0.231 e. The Morgan fingerprint density at radius 2 is 2.07 bits per heavy atom. The second kappa shape index (κ2) is 3.73. The van der Waals surface area contributed by atoms with Crippen LogP contribution in [0.5, 0.6) is 11.5 Å². The molecule has 5 nitrogen and oxygen atoms in total. The van der Waals surface area contributed by atoms with Crippen LogP contribution in [-0.2, 0) is 0 Å². The van der Waals surface area contributed by atoms with E-state index in [1.165, 1.54) is 0 Å². The Morgan fingerprint density at radius 3 is 2.79 bits per heavy atom. The Balaban J connectivity index is 2.23. The lowest BCUT2D eigenvalue weighted by Gasteiger charge is -2.09. The van der Waals surface area contributed by atoms with Gasteiger partial charge in [-0.2, -0.15) is 0 Å². The van der Waals surface area contributed by atoms with Crippen molar-refractivity contribution in [2.75, 3.05) is 18.8 Å². The molecule has 1 aromatic carbocycles. The van der Waals surface area contributed by atoms with Gasteiger partial charge in [0.25, 0.3) is 0 Å². The van der Waals surface area contributed by atoms with Crippen molar-refractivity contribution >= 4 is 5.69 Å². The van der Waals surface area contributed by atoms with Crippen molar-refractivity contribution in [3.05, 3.63) is 17.7 Å². The average molecular weight is 195 g/mol. The fraction of sp³-hybridized carbons (Fsp3) is 0.333. The third-order valence-electron chi connectivity index (χ3n) is 2.10. The van der Waals surface area contributed by atoms with Gasteiger partial charge < -0.3 is 14.8 Å². The molecule has 0 aliphatic carbocycles. The topological polar surface area (TPSA) is 68.5 Å². The van der Waals surface area contributed by atoms with Gasteiger partial charge in [0.15, 0.2) is 11.5 Å². The first-order chi connectivity index (χ1) is 6.81. The predicted octanol–water partition coefficient (Wildman–Crippen LogP) is 0.556. The van der Waals surface area contributed by atoms with E-state index < -0.39 is 0 Å². The van der Waals surface area contributed by atoms with Crippen molar-refractivity contribution < 1.29 is 9.47 Å². The Bertz CT molecular complexity index is 341. The molecule has 0 unspecified atom stereocenters. The molecular formula is C9H13N3O2. The fourth-order valence-corrected chi connectivity index (χ4v) is 1.38. The van der Waals surface area contributed by atoms with Crippen LogP contribution in [0.2, 0.25) is 0 Å². The summed E-state index contributed by atoms with van der Waals surface area (Å²) in [7, 11) is 0. The highest BCUT2D eigenvalue weighted by molar-refractivity contribution is 5.60. The summed E-state index contributed by atoms with van der Waals surface area (Å²) in [4.78, 5) is 0. The second-order valence-corrected chi connectivity index (χ2v) is 3.08. The number of aryl methyl sites for hydroxylation is 1. The van der Waals surface area contributed by atoms with Crippen LogP contribution in [0.3, 0.4) is 0 Å². The van der Waals surface area contributed by atoms with Gasteiger partial charge in [-0.25, -0.2) is 5.43 Å². The number of rotatable bonds is 3. The number of fused-ring (bicyclic) bond motifs is 1. The summed E-state index contributed by atoms with van der Waals surface area (Å²) in [5.41, 5.74) is 4.62. The molecule has 1 heterocycles. The van der Waals surface area contributed by atoms with Crippen LogP contribution in [0.4, 0.5) is 5.69 Å². The van der Waals surface area contributed by atoms with Crippen molar-refractivity contribution in [3.8, 4) is 11.5 Å². The van der Waals surface area contributed by atoms with E-state index >= 15 is 0 Å². The molecule has 0 amide bonds. The highest BCUT2D eigenvalue weighted by Gasteiger charge is 2.15. The monoisotopic (exact) mass is 195 g/mol. The molecule has 1 aliphatic rings. The molecule has 0 saturated carbocycles. The molecule has 0 bridgehead atoms. The van der Waals surface area contributed by atoms with E-state index in [4.69, 9.17) is 15.3 Å². The molecular weight excluding hydrogens is 182 g/mol. The zero-order chi connectivity index (χ0) is 9.97. The van der Waals surface area contributed by atoms with Gasteiger partial charge in [-0.15, -0.1) is 0 Å². The molecule has 2 rings (SSSR count). The molecule has 0 spiro atoms. The fourth-order valence-electron chi connectivity index (χ4n) is 1.38. The normalized spacial score (nSPS) is 13.0. The SMILES string of the molecule is Cc1cc2c(cc1NCNN)OCO2. The third kappa shape index (κ3) is 1.59. The average Bonchev–Trinajstić information content (AvgIpc) is 2.61. The van der Waals surface area contributed by atoms with Gasteiger partial charge in [0, 0.05) is 11.8 Å². The number of hydrazine groups is 1. The predicted molar refractivity (Wildman–Crippen MR) is 53.1 cm³/mol. The van der Waals surface area contributed by atoms with Gasteiger partial charge in [-0.05, 0) is 18.6 Å². The molecule has 0 radical (unpaired) electrons. The summed E-state index contributed by atoms with van der Waals surface area (Å²) < 4.78 is 10.5. The molecule has 0 atom stereocenters. The standard InChI is InChI=1S/C9H13N3O2/c1-6-2-8-9(14-5-13-8)3-7(6)11-4-12-10/h2-3,11-12H,4-5,10H2,1H3. The maximum atomic E-state index is 5.26. The van der Waals surface area contributed by atoms with E-state index in [-0.39, 0.29) is 0 Å². The molecule has 0 aromatic heterocycles. The highest BCUT2D eigenvalue weighted by atomic mass is 16.7. The minimum atomic E-state index is 0.299. The summed E-state index contributed by atoms with van der Waals surface area (Å²) in [6, 6.07) is 3.86. The molecule has 1 aromatic rings. The van der Waals surface area contributed by atoms with Crippen LogP contribution in [0.25, 0.3) is 0 Å².